The van der Waals surface area contributed by atoms with Crippen molar-refractivity contribution in [3.05, 3.63) is 64.9 Å². The fraction of sp³-hybridized carbons (Fsp3) is 0.263. The van der Waals surface area contributed by atoms with E-state index in [9.17, 15) is 4.79 Å². The number of carbonyl (C=O) groups is 1. The van der Waals surface area contributed by atoms with Gasteiger partial charge in [0.05, 0.1) is 12.1 Å². The quantitative estimate of drug-likeness (QED) is 0.682. The van der Waals surface area contributed by atoms with Crippen LogP contribution in [0.3, 0.4) is 0 Å². The lowest BCUT2D eigenvalue weighted by Crippen LogP contribution is -2.27. The number of hydrogen-bond donors (Lipinski definition) is 0. The average Bonchev–Trinajstić information content (AvgIpc) is 3.11. The van der Waals surface area contributed by atoms with E-state index < -0.39 is 0 Å². The minimum absolute atomic E-state index is 0.0467. The molecule has 0 atom stereocenters. The van der Waals surface area contributed by atoms with E-state index in [0.717, 1.165) is 22.7 Å². The maximum Gasteiger partial charge on any atom is 0.228 e. The normalized spacial score (nSPS) is 10.6. The molecule has 128 valence electrons. The molecule has 0 spiro atoms. The zero-order valence-electron chi connectivity index (χ0n) is 14.3. The molecule has 0 unspecified atom stereocenters. The van der Waals surface area contributed by atoms with E-state index in [1.807, 2.05) is 12.4 Å². The van der Waals surface area contributed by atoms with Crippen molar-refractivity contribution in [1.29, 1.82) is 0 Å². The Kier molecular flexibility index (Phi) is 5.50. The van der Waals surface area contributed by atoms with Gasteiger partial charge in [-0.3, -0.25) is 4.79 Å². The molecule has 1 aromatic carbocycles. The van der Waals surface area contributed by atoms with Crippen molar-refractivity contribution >= 4 is 17.2 Å². The summed E-state index contributed by atoms with van der Waals surface area (Å²) in [5.74, 6) is 0.640. The molecule has 0 aliphatic heterocycles. The molecule has 25 heavy (non-hydrogen) atoms. The van der Waals surface area contributed by atoms with Crippen LogP contribution in [0.5, 0.6) is 0 Å². The Morgan fingerprint density at radius 1 is 1.12 bits per heavy atom. The summed E-state index contributed by atoms with van der Waals surface area (Å²) in [5, 5.41) is 2.63. The van der Waals surface area contributed by atoms with Crippen LogP contribution in [0.15, 0.2) is 48.1 Å². The summed E-state index contributed by atoms with van der Waals surface area (Å²) in [7, 11) is 1.82. The predicted molar refractivity (Wildman–Crippen MR) is 99.1 cm³/mol. The first-order chi connectivity index (χ1) is 12.2. The lowest BCUT2D eigenvalue weighted by Gasteiger charge is -2.17. The Hall–Kier alpha value is -2.60. The van der Waals surface area contributed by atoms with Gasteiger partial charge in [-0.1, -0.05) is 31.2 Å². The van der Waals surface area contributed by atoms with E-state index in [2.05, 4.69) is 46.1 Å². The monoisotopic (exact) mass is 352 g/mol. The van der Waals surface area contributed by atoms with Crippen LogP contribution in [0, 0.1) is 0 Å². The van der Waals surface area contributed by atoms with Crippen molar-refractivity contribution in [2.75, 3.05) is 7.05 Å². The molecule has 1 amide bonds. The highest BCUT2D eigenvalue weighted by atomic mass is 32.1. The second-order valence-corrected chi connectivity index (χ2v) is 6.67. The van der Waals surface area contributed by atoms with Crippen molar-refractivity contribution in [1.82, 2.24) is 19.9 Å². The summed E-state index contributed by atoms with van der Waals surface area (Å²) >= 11 is 1.46. The third kappa shape index (κ3) is 4.48. The molecule has 0 aliphatic rings. The van der Waals surface area contributed by atoms with Gasteiger partial charge in [-0.05, 0) is 23.6 Å². The van der Waals surface area contributed by atoms with Crippen LogP contribution in [-0.2, 0) is 24.2 Å². The van der Waals surface area contributed by atoms with Gasteiger partial charge in [0.25, 0.3) is 0 Å². The molecule has 0 saturated heterocycles. The fourth-order valence-electron chi connectivity index (χ4n) is 2.43. The Balaban J connectivity index is 1.60. The molecule has 5 nitrogen and oxygen atoms in total. The number of benzene rings is 1. The molecular weight excluding hydrogens is 332 g/mol. The lowest BCUT2D eigenvalue weighted by molar-refractivity contribution is -0.129. The largest absolute Gasteiger partial charge is 0.341 e. The van der Waals surface area contributed by atoms with E-state index in [1.165, 1.54) is 16.9 Å². The van der Waals surface area contributed by atoms with E-state index in [1.54, 1.807) is 23.4 Å². The molecule has 0 saturated carbocycles. The summed E-state index contributed by atoms with van der Waals surface area (Å²) in [6.07, 6.45) is 4.68. The first kappa shape index (κ1) is 17.2. The van der Waals surface area contributed by atoms with Gasteiger partial charge in [-0.25, -0.2) is 15.0 Å². The Morgan fingerprint density at radius 2 is 1.80 bits per heavy atom. The summed E-state index contributed by atoms with van der Waals surface area (Å²) in [6.45, 7) is 2.73. The topological polar surface area (TPSA) is 59.0 Å². The van der Waals surface area contributed by atoms with Crippen LogP contribution in [-0.4, -0.2) is 32.8 Å². The zero-order valence-corrected chi connectivity index (χ0v) is 15.2. The fourth-order valence-corrected chi connectivity index (χ4v) is 3.20. The van der Waals surface area contributed by atoms with E-state index in [0.29, 0.717) is 12.4 Å². The third-order valence-electron chi connectivity index (χ3n) is 3.92. The number of thiazole rings is 1. The summed E-state index contributed by atoms with van der Waals surface area (Å²) < 4.78 is 0. The molecular formula is C19H20N4OS. The number of carbonyl (C=O) groups excluding carboxylic acids is 1. The first-order valence-electron chi connectivity index (χ1n) is 8.19. The van der Waals surface area contributed by atoms with Gasteiger partial charge in [-0.15, -0.1) is 11.3 Å². The van der Waals surface area contributed by atoms with Crippen molar-refractivity contribution < 1.29 is 4.79 Å². The predicted octanol–water partition coefficient (Wildman–Crippen LogP) is 3.36. The highest BCUT2D eigenvalue weighted by Crippen LogP contribution is 2.20. The summed E-state index contributed by atoms with van der Waals surface area (Å²) in [4.78, 5) is 27.0. The molecule has 3 rings (SSSR count). The average molecular weight is 352 g/mol. The standard InChI is InChI=1S/C19H20N4OS/c1-3-14-5-7-15(8-6-14)12-23(2)17(24)11-16-13-25-19(22-16)18-20-9-4-10-21-18/h4-10,13H,3,11-12H2,1-2H3. The van der Waals surface area contributed by atoms with Crippen molar-refractivity contribution in [3.8, 4) is 10.8 Å². The second-order valence-electron chi connectivity index (χ2n) is 5.81. The molecule has 0 fully saturated rings. The minimum atomic E-state index is 0.0467. The molecule has 2 aromatic heterocycles. The molecule has 0 radical (unpaired) electrons. The van der Waals surface area contributed by atoms with Crippen LogP contribution in [0.4, 0.5) is 0 Å². The first-order valence-corrected chi connectivity index (χ1v) is 9.07. The SMILES string of the molecule is CCc1ccc(CN(C)C(=O)Cc2csc(-c3ncccn3)n2)cc1. The third-order valence-corrected chi connectivity index (χ3v) is 4.80. The van der Waals surface area contributed by atoms with E-state index >= 15 is 0 Å². The van der Waals surface area contributed by atoms with Crippen LogP contribution >= 0.6 is 11.3 Å². The van der Waals surface area contributed by atoms with Gasteiger partial charge in [0.15, 0.2) is 10.8 Å². The number of amides is 1. The number of aryl methyl sites for hydroxylation is 1. The summed E-state index contributed by atoms with van der Waals surface area (Å²) in [6, 6.07) is 10.1. The van der Waals surface area contributed by atoms with E-state index in [4.69, 9.17) is 0 Å². The molecule has 0 aliphatic carbocycles. The van der Waals surface area contributed by atoms with Crippen molar-refractivity contribution in [3.63, 3.8) is 0 Å². The Bertz CT molecular complexity index is 830. The Labute approximate surface area is 151 Å². The summed E-state index contributed by atoms with van der Waals surface area (Å²) in [5.41, 5.74) is 3.19. The van der Waals surface area contributed by atoms with Crippen molar-refractivity contribution in [2.24, 2.45) is 0 Å². The van der Waals surface area contributed by atoms with E-state index in [-0.39, 0.29) is 12.3 Å². The number of likely N-dealkylation sites (N-methyl/N-ethyl adjacent to an activating group) is 1. The Morgan fingerprint density at radius 3 is 2.48 bits per heavy atom. The molecule has 0 bridgehead atoms. The molecule has 6 heteroatoms. The minimum Gasteiger partial charge on any atom is -0.341 e. The smallest absolute Gasteiger partial charge is 0.228 e. The number of aromatic nitrogens is 3. The maximum atomic E-state index is 12.4. The van der Waals surface area contributed by atoms with Gasteiger partial charge >= 0.3 is 0 Å². The highest BCUT2D eigenvalue weighted by molar-refractivity contribution is 7.13. The maximum absolute atomic E-state index is 12.4. The van der Waals surface area contributed by atoms with Crippen LogP contribution < -0.4 is 0 Å². The van der Waals surface area contributed by atoms with Gasteiger partial charge in [0, 0.05) is 31.4 Å². The zero-order chi connectivity index (χ0) is 17.6. The van der Waals surface area contributed by atoms with Crippen molar-refractivity contribution in [2.45, 2.75) is 26.3 Å². The van der Waals surface area contributed by atoms with Crippen LogP contribution in [0.1, 0.15) is 23.7 Å². The lowest BCUT2D eigenvalue weighted by atomic mass is 10.1. The second kappa shape index (κ2) is 7.98. The van der Waals surface area contributed by atoms with Crippen LogP contribution in [0.2, 0.25) is 0 Å². The van der Waals surface area contributed by atoms with Gasteiger partial charge in [-0.2, -0.15) is 0 Å². The number of nitrogens with zero attached hydrogens (tertiary/aromatic N) is 4. The van der Waals surface area contributed by atoms with Gasteiger partial charge in [0.2, 0.25) is 5.91 Å². The molecule has 0 N–H and O–H groups in total. The van der Waals surface area contributed by atoms with Crippen LogP contribution in [0.25, 0.3) is 10.8 Å². The highest BCUT2D eigenvalue weighted by Gasteiger charge is 2.14. The van der Waals surface area contributed by atoms with Gasteiger partial charge < -0.3 is 4.90 Å². The molecule has 3 aromatic rings. The number of rotatable bonds is 6. The molecule has 2 heterocycles. The van der Waals surface area contributed by atoms with Gasteiger partial charge in [0.1, 0.15) is 0 Å². The number of hydrogen-bond acceptors (Lipinski definition) is 5.